The van der Waals surface area contributed by atoms with Crippen molar-refractivity contribution in [3.05, 3.63) is 36.2 Å². The van der Waals surface area contributed by atoms with Crippen molar-refractivity contribution < 1.29 is 4.42 Å². The van der Waals surface area contributed by atoms with E-state index in [0.717, 1.165) is 5.69 Å². The molecule has 1 heterocycles. The van der Waals surface area contributed by atoms with Crippen LogP contribution in [-0.4, -0.2) is 10.2 Å². The zero-order valence-corrected chi connectivity index (χ0v) is 8.41. The van der Waals surface area contributed by atoms with E-state index in [1.165, 1.54) is 0 Å². The van der Waals surface area contributed by atoms with E-state index in [-0.39, 0.29) is 12.4 Å². The van der Waals surface area contributed by atoms with E-state index in [4.69, 9.17) is 4.42 Å². The molecule has 2 aromatic rings. The van der Waals surface area contributed by atoms with Crippen LogP contribution in [0.15, 0.2) is 34.7 Å². The molecule has 0 radical (unpaired) electrons. The minimum absolute atomic E-state index is 0. The first kappa shape index (κ1) is 10.5. The molecule has 0 amide bonds. The molecule has 2 rings (SSSR count). The third-order valence-corrected chi connectivity index (χ3v) is 1.55. The van der Waals surface area contributed by atoms with Crippen molar-refractivity contribution in [2.45, 2.75) is 6.92 Å². The van der Waals surface area contributed by atoms with Crippen LogP contribution in [0.5, 0.6) is 0 Å². The van der Waals surface area contributed by atoms with Crippen LogP contribution in [-0.2, 0) is 0 Å². The molecule has 74 valence electrons. The number of benzene rings is 1. The van der Waals surface area contributed by atoms with Gasteiger partial charge in [0.05, 0.1) is 0 Å². The highest BCUT2D eigenvalue weighted by molar-refractivity contribution is 5.85. The van der Waals surface area contributed by atoms with E-state index in [2.05, 4.69) is 15.5 Å². The van der Waals surface area contributed by atoms with E-state index < -0.39 is 0 Å². The highest BCUT2D eigenvalue weighted by Gasteiger charge is 2.00. The molecule has 1 aromatic carbocycles. The average Bonchev–Trinajstić information content (AvgIpc) is 2.53. The summed E-state index contributed by atoms with van der Waals surface area (Å²) in [5, 5.41) is 10.5. The van der Waals surface area contributed by atoms with E-state index in [1.54, 1.807) is 6.92 Å². The molecule has 0 saturated carbocycles. The van der Waals surface area contributed by atoms with Gasteiger partial charge in [-0.2, -0.15) is 0 Å². The summed E-state index contributed by atoms with van der Waals surface area (Å²) in [6, 6.07) is 10.1. The number of nitrogens with zero attached hydrogens (tertiary/aromatic N) is 2. The Morgan fingerprint density at radius 3 is 2.43 bits per heavy atom. The number of para-hydroxylation sites is 1. The third-order valence-electron chi connectivity index (χ3n) is 1.55. The maximum atomic E-state index is 5.15. The first-order chi connectivity index (χ1) is 6.34. The van der Waals surface area contributed by atoms with Gasteiger partial charge >= 0.3 is 6.01 Å². The fourth-order valence-corrected chi connectivity index (χ4v) is 0.992. The Hall–Kier alpha value is -1.55. The Labute approximate surface area is 87.8 Å². The highest BCUT2D eigenvalue weighted by atomic mass is 35.5. The fourth-order valence-electron chi connectivity index (χ4n) is 0.992. The van der Waals surface area contributed by atoms with Gasteiger partial charge in [0.25, 0.3) is 0 Å². The lowest BCUT2D eigenvalue weighted by atomic mass is 10.3. The molecule has 0 aliphatic heterocycles. The van der Waals surface area contributed by atoms with Gasteiger partial charge in [0.1, 0.15) is 0 Å². The second-order valence-corrected chi connectivity index (χ2v) is 2.62. The number of hydrogen-bond acceptors (Lipinski definition) is 4. The number of rotatable bonds is 2. The number of nitrogens with one attached hydrogen (secondary N) is 1. The first-order valence-electron chi connectivity index (χ1n) is 3.97. The second-order valence-electron chi connectivity index (χ2n) is 2.62. The maximum absolute atomic E-state index is 5.15. The first-order valence-corrected chi connectivity index (χ1v) is 3.97. The molecule has 0 fully saturated rings. The molecular formula is C9H10ClN3O. The van der Waals surface area contributed by atoms with E-state index in [9.17, 15) is 0 Å². The zero-order chi connectivity index (χ0) is 9.10. The lowest BCUT2D eigenvalue weighted by molar-refractivity contribution is 0.535. The van der Waals surface area contributed by atoms with Crippen LogP contribution in [0.25, 0.3) is 0 Å². The topological polar surface area (TPSA) is 51.0 Å². The second kappa shape index (κ2) is 4.62. The van der Waals surface area contributed by atoms with Crippen LogP contribution >= 0.6 is 12.4 Å². The molecule has 1 aromatic heterocycles. The molecule has 0 spiro atoms. The molecule has 0 saturated heterocycles. The predicted octanol–water partition coefficient (Wildman–Crippen LogP) is 2.54. The quantitative estimate of drug-likeness (QED) is 0.830. The van der Waals surface area contributed by atoms with Crippen LogP contribution in [0.2, 0.25) is 0 Å². The van der Waals surface area contributed by atoms with E-state index in [1.807, 2.05) is 30.3 Å². The monoisotopic (exact) mass is 211 g/mol. The summed E-state index contributed by atoms with van der Waals surface area (Å²) >= 11 is 0. The van der Waals surface area contributed by atoms with Crippen molar-refractivity contribution in [2.75, 3.05) is 5.32 Å². The Morgan fingerprint density at radius 1 is 1.14 bits per heavy atom. The van der Waals surface area contributed by atoms with Crippen LogP contribution in [0.1, 0.15) is 5.89 Å². The lowest BCUT2D eigenvalue weighted by Gasteiger charge is -1.98. The summed E-state index contributed by atoms with van der Waals surface area (Å²) in [4.78, 5) is 0. The molecule has 0 aliphatic rings. The van der Waals surface area contributed by atoms with Crippen molar-refractivity contribution in [2.24, 2.45) is 0 Å². The number of halogens is 1. The minimum atomic E-state index is 0. The van der Waals surface area contributed by atoms with E-state index >= 15 is 0 Å². The van der Waals surface area contributed by atoms with Crippen LogP contribution in [0.3, 0.4) is 0 Å². The summed E-state index contributed by atoms with van der Waals surface area (Å²) in [7, 11) is 0. The maximum Gasteiger partial charge on any atom is 0.320 e. The van der Waals surface area contributed by atoms with Crippen molar-refractivity contribution in [3.63, 3.8) is 0 Å². The molecule has 0 aliphatic carbocycles. The summed E-state index contributed by atoms with van der Waals surface area (Å²) < 4.78 is 5.15. The van der Waals surface area contributed by atoms with Gasteiger partial charge in [-0.1, -0.05) is 23.3 Å². The summed E-state index contributed by atoms with van der Waals surface area (Å²) in [5.41, 5.74) is 0.936. The molecule has 0 bridgehead atoms. The summed E-state index contributed by atoms with van der Waals surface area (Å²) in [6.07, 6.45) is 0. The van der Waals surface area contributed by atoms with Crippen LogP contribution in [0, 0.1) is 6.92 Å². The van der Waals surface area contributed by atoms with Crippen molar-refractivity contribution in [1.29, 1.82) is 0 Å². The summed E-state index contributed by atoms with van der Waals surface area (Å²) in [5.74, 6) is 0.554. The predicted molar refractivity (Wildman–Crippen MR) is 56.0 cm³/mol. The Morgan fingerprint density at radius 2 is 1.86 bits per heavy atom. The van der Waals surface area contributed by atoms with Gasteiger partial charge in [-0.15, -0.1) is 17.5 Å². The van der Waals surface area contributed by atoms with E-state index in [0.29, 0.717) is 11.9 Å². The Kier molecular flexibility index (Phi) is 3.48. The number of hydrogen-bond donors (Lipinski definition) is 1. The fraction of sp³-hybridized carbons (Fsp3) is 0.111. The molecule has 0 atom stereocenters. The molecule has 0 unspecified atom stereocenters. The average molecular weight is 212 g/mol. The van der Waals surface area contributed by atoms with Gasteiger partial charge in [-0.05, 0) is 12.1 Å². The zero-order valence-electron chi connectivity index (χ0n) is 7.60. The molecular weight excluding hydrogens is 202 g/mol. The molecule has 1 N–H and O–H groups in total. The molecule has 4 nitrogen and oxygen atoms in total. The van der Waals surface area contributed by atoms with Crippen molar-refractivity contribution in [1.82, 2.24) is 10.2 Å². The smallest absolute Gasteiger partial charge is 0.320 e. The Balaban J connectivity index is 0.000000980. The number of aromatic nitrogens is 2. The largest absolute Gasteiger partial charge is 0.408 e. The molecule has 5 heteroatoms. The van der Waals surface area contributed by atoms with Crippen LogP contribution in [0.4, 0.5) is 11.7 Å². The van der Waals surface area contributed by atoms with Gasteiger partial charge < -0.3 is 9.73 Å². The van der Waals surface area contributed by atoms with Crippen molar-refractivity contribution >= 4 is 24.1 Å². The standard InChI is InChI=1S/C9H9N3O.ClH/c1-7-11-12-9(13-7)10-8-5-3-2-4-6-8;/h2-6H,1H3,(H,10,12);1H. The lowest BCUT2D eigenvalue weighted by Crippen LogP contribution is -1.88. The SMILES string of the molecule is Cc1nnc(Nc2ccccc2)o1.Cl. The van der Waals surface area contributed by atoms with Gasteiger partial charge in [-0.3, -0.25) is 0 Å². The van der Waals surface area contributed by atoms with Gasteiger partial charge in [0.15, 0.2) is 0 Å². The Bertz CT molecular complexity index is 388. The van der Waals surface area contributed by atoms with Gasteiger partial charge in [-0.25, -0.2) is 0 Å². The van der Waals surface area contributed by atoms with Gasteiger partial charge in [0.2, 0.25) is 5.89 Å². The number of aryl methyl sites for hydroxylation is 1. The normalized spacial score (nSPS) is 9.21. The highest BCUT2D eigenvalue weighted by Crippen LogP contribution is 2.13. The summed E-state index contributed by atoms with van der Waals surface area (Å²) in [6.45, 7) is 1.75. The molecule has 14 heavy (non-hydrogen) atoms. The number of anilines is 2. The third kappa shape index (κ3) is 2.47. The van der Waals surface area contributed by atoms with Gasteiger partial charge in [0, 0.05) is 12.6 Å². The minimum Gasteiger partial charge on any atom is -0.408 e. The van der Waals surface area contributed by atoms with Crippen LogP contribution < -0.4 is 5.32 Å². The van der Waals surface area contributed by atoms with Crippen molar-refractivity contribution in [3.8, 4) is 0 Å².